The van der Waals surface area contributed by atoms with E-state index in [0.29, 0.717) is 42.1 Å². The first kappa shape index (κ1) is 33.9. The summed E-state index contributed by atoms with van der Waals surface area (Å²) < 4.78 is 43.5. The molecule has 10 nitrogen and oxygen atoms in total. The first-order chi connectivity index (χ1) is 21.4. The van der Waals surface area contributed by atoms with Crippen molar-refractivity contribution in [1.29, 1.82) is 0 Å². The molecule has 4 rings (SSSR count). The van der Waals surface area contributed by atoms with Gasteiger partial charge in [0, 0.05) is 40.8 Å². The predicted molar refractivity (Wildman–Crippen MR) is 165 cm³/mol. The number of imidazole rings is 1. The minimum Gasteiger partial charge on any atom is -0.419 e. The zero-order valence-corrected chi connectivity index (χ0v) is 25.8. The van der Waals surface area contributed by atoms with Crippen molar-refractivity contribution >= 4 is 28.3 Å². The van der Waals surface area contributed by atoms with Crippen LogP contribution in [0.1, 0.15) is 69.7 Å². The molecule has 1 aliphatic heterocycles. The van der Waals surface area contributed by atoms with E-state index in [-0.39, 0.29) is 34.4 Å². The molecule has 1 aromatic carbocycles. The van der Waals surface area contributed by atoms with Gasteiger partial charge in [-0.05, 0) is 61.8 Å². The Kier molecular flexibility index (Phi) is 10.6. The van der Waals surface area contributed by atoms with Gasteiger partial charge in [0.05, 0.1) is 25.7 Å². The number of benzene rings is 1. The maximum Gasteiger partial charge on any atom is 0.282 e. The normalized spacial score (nSPS) is 23.0. The number of hydrogen-bond donors (Lipinski definition) is 4. The van der Waals surface area contributed by atoms with Crippen LogP contribution in [0.4, 0.5) is 13.2 Å². The van der Waals surface area contributed by atoms with Crippen LogP contribution in [0.15, 0.2) is 54.5 Å². The SMILES string of the molecule is C=CC(=C(C=CNOC)C(=O)N1CC(F)(F)C1)c1ccc2[nH]c(C(CC(=O)C(=CON)CC)C3(N)CCC(C)CC3)nc2c1F. The number of alkyl halides is 2. The lowest BCUT2D eigenvalue weighted by atomic mass is 9.68. The second kappa shape index (κ2) is 14.0. The van der Waals surface area contributed by atoms with Gasteiger partial charge in [0.2, 0.25) is 0 Å². The molecule has 244 valence electrons. The fraction of sp³-hybridized carbons (Fsp3) is 0.469. The zero-order valence-electron chi connectivity index (χ0n) is 25.8. The first-order valence-electron chi connectivity index (χ1n) is 14.9. The lowest BCUT2D eigenvalue weighted by Gasteiger charge is -2.41. The quantitative estimate of drug-likeness (QED) is 0.106. The Morgan fingerprint density at radius 1 is 1.29 bits per heavy atom. The highest BCUT2D eigenvalue weighted by Crippen LogP contribution is 2.42. The van der Waals surface area contributed by atoms with Crippen LogP contribution in [0, 0.1) is 11.7 Å². The fourth-order valence-electron chi connectivity index (χ4n) is 6.05. The van der Waals surface area contributed by atoms with Gasteiger partial charge in [0.25, 0.3) is 11.8 Å². The minimum absolute atomic E-state index is 0.00822. The monoisotopic (exact) mass is 630 g/mol. The average molecular weight is 631 g/mol. The summed E-state index contributed by atoms with van der Waals surface area (Å²) in [7, 11) is 1.36. The molecule has 1 unspecified atom stereocenters. The lowest BCUT2D eigenvalue weighted by molar-refractivity contribution is -0.161. The van der Waals surface area contributed by atoms with Gasteiger partial charge >= 0.3 is 0 Å². The van der Waals surface area contributed by atoms with Crippen molar-refractivity contribution in [3.63, 3.8) is 0 Å². The molecule has 6 N–H and O–H groups in total. The van der Waals surface area contributed by atoms with E-state index >= 15 is 4.39 Å². The fourth-order valence-corrected chi connectivity index (χ4v) is 6.05. The summed E-state index contributed by atoms with van der Waals surface area (Å²) in [5.41, 5.74) is 9.41. The van der Waals surface area contributed by atoms with E-state index in [4.69, 9.17) is 16.5 Å². The van der Waals surface area contributed by atoms with Crippen LogP contribution in [-0.4, -0.2) is 58.2 Å². The second-order valence-electron chi connectivity index (χ2n) is 11.9. The summed E-state index contributed by atoms with van der Waals surface area (Å²) in [5.74, 6) is 0.828. The number of aromatic amines is 1. The van der Waals surface area contributed by atoms with Gasteiger partial charge in [-0.2, -0.15) is 5.90 Å². The van der Waals surface area contributed by atoms with Gasteiger partial charge in [-0.25, -0.2) is 18.2 Å². The number of carbonyl (C=O) groups is 2. The van der Waals surface area contributed by atoms with Crippen molar-refractivity contribution in [3.8, 4) is 0 Å². The number of fused-ring (bicyclic) bond motifs is 1. The van der Waals surface area contributed by atoms with Crippen molar-refractivity contribution in [1.82, 2.24) is 20.3 Å². The number of carbonyl (C=O) groups excluding carboxylic acids is 2. The van der Waals surface area contributed by atoms with Crippen molar-refractivity contribution < 1.29 is 32.4 Å². The summed E-state index contributed by atoms with van der Waals surface area (Å²) in [6, 6.07) is 3.07. The van der Waals surface area contributed by atoms with E-state index in [1.807, 2.05) is 6.92 Å². The Morgan fingerprint density at radius 3 is 2.56 bits per heavy atom. The Morgan fingerprint density at radius 2 is 1.98 bits per heavy atom. The molecule has 1 aliphatic carbocycles. The Labute approximate surface area is 260 Å². The molecular weight excluding hydrogens is 589 g/mol. The maximum absolute atomic E-state index is 16.3. The summed E-state index contributed by atoms with van der Waals surface area (Å²) in [5, 5.41) is 0. The number of nitrogens with zero attached hydrogens (tertiary/aromatic N) is 2. The highest BCUT2D eigenvalue weighted by Gasteiger charge is 2.47. The van der Waals surface area contributed by atoms with Crippen molar-refractivity contribution in [2.24, 2.45) is 17.5 Å². The van der Waals surface area contributed by atoms with Gasteiger partial charge in [0.15, 0.2) is 11.6 Å². The standard InChI is InChI=1S/C32H41F3N6O4/c1-5-20(16-45-37)26(42)15-24(31(36)12-9-19(3)10-13-31)29-39-25-8-7-22(27(33)28(25)40-29)21(6-2)23(11-14-38-44-4)30(43)41-17-32(34,35)18-41/h6-8,11,14,16,19,24,38H,2,5,9-10,12-13,15,17-18,36-37H2,1,3-4H3,(H,39,40). The molecule has 2 heterocycles. The molecule has 2 aliphatic rings. The van der Waals surface area contributed by atoms with Crippen LogP contribution >= 0.6 is 0 Å². The number of nitrogens with one attached hydrogen (secondary N) is 2. The summed E-state index contributed by atoms with van der Waals surface area (Å²) in [6.45, 7) is 6.24. The molecule has 1 atom stereocenters. The molecule has 2 aromatic rings. The number of hydroxylamine groups is 1. The topological polar surface area (TPSA) is 149 Å². The van der Waals surface area contributed by atoms with Gasteiger partial charge in [0.1, 0.15) is 17.6 Å². The zero-order chi connectivity index (χ0) is 32.9. The number of Topliss-reactive ketones (excluding diaryl/α,β-unsaturated/α-hetero) is 1. The highest BCUT2D eigenvalue weighted by molar-refractivity contribution is 6.06. The molecular formula is C32H41F3N6O4. The van der Waals surface area contributed by atoms with Crippen molar-refractivity contribution in [2.75, 3.05) is 20.2 Å². The molecule has 1 saturated heterocycles. The number of aromatic nitrogens is 2. The summed E-state index contributed by atoms with van der Waals surface area (Å²) in [6.07, 6.45) is 8.58. The molecule has 13 heteroatoms. The van der Waals surface area contributed by atoms with Crippen molar-refractivity contribution in [2.45, 2.75) is 69.8 Å². The third kappa shape index (κ3) is 7.32. The first-order valence-corrected chi connectivity index (χ1v) is 14.9. The van der Waals surface area contributed by atoms with E-state index < -0.39 is 42.2 Å². The number of amides is 1. The van der Waals surface area contributed by atoms with E-state index in [0.717, 1.165) is 17.7 Å². The molecule has 45 heavy (non-hydrogen) atoms. The smallest absolute Gasteiger partial charge is 0.282 e. The maximum atomic E-state index is 16.3. The van der Waals surface area contributed by atoms with Crippen LogP contribution in [0.25, 0.3) is 16.6 Å². The molecule has 1 amide bonds. The van der Waals surface area contributed by atoms with Gasteiger partial charge < -0.3 is 20.5 Å². The number of rotatable bonds is 13. The number of nitrogens with two attached hydrogens (primary N) is 2. The Hall–Kier alpha value is -3.94. The third-order valence-electron chi connectivity index (χ3n) is 8.76. The van der Waals surface area contributed by atoms with E-state index in [9.17, 15) is 18.4 Å². The number of ketones is 1. The van der Waals surface area contributed by atoms with Gasteiger partial charge in [-0.3, -0.25) is 19.9 Å². The summed E-state index contributed by atoms with van der Waals surface area (Å²) in [4.78, 5) is 44.8. The lowest BCUT2D eigenvalue weighted by Crippen LogP contribution is -2.58. The average Bonchev–Trinajstić information content (AvgIpc) is 3.43. The number of allylic oxidation sites excluding steroid dienone is 3. The minimum atomic E-state index is -2.99. The van der Waals surface area contributed by atoms with E-state index in [1.54, 1.807) is 6.07 Å². The molecule has 1 saturated carbocycles. The van der Waals surface area contributed by atoms with Crippen molar-refractivity contribution in [3.05, 3.63) is 71.7 Å². The Bertz CT molecular complexity index is 1520. The van der Waals surface area contributed by atoms with E-state index in [1.165, 1.54) is 37.8 Å². The predicted octanol–water partition coefficient (Wildman–Crippen LogP) is 4.92. The van der Waals surface area contributed by atoms with Gasteiger partial charge in [-0.1, -0.05) is 26.5 Å². The van der Waals surface area contributed by atoms with Gasteiger partial charge in [-0.15, -0.1) is 0 Å². The number of likely N-dealkylation sites (tertiary alicyclic amines) is 1. The third-order valence-corrected chi connectivity index (χ3v) is 8.76. The molecule has 2 fully saturated rings. The number of H-pyrrole nitrogens is 1. The molecule has 0 spiro atoms. The van der Waals surface area contributed by atoms with E-state index in [2.05, 4.69) is 33.8 Å². The molecule has 0 radical (unpaired) electrons. The summed E-state index contributed by atoms with van der Waals surface area (Å²) >= 11 is 0. The second-order valence-corrected chi connectivity index (χ2v) is 11.9. The van der Waals surface area contributed by atoms with Crippen LogP contribution in [0.5, 0.6) is 0 Å². The van der Waals surface area contributed by atoms with Crippen LogP contribution < -0.4 is 17.1 Å². The highest BCUT2D eigenvalue weighted by atomic mass is 19.3. The number of halogens is 3. The largest absolute Gasteiger partial charge is 0.419 e. The molecule has 0 bridgehead atoms. The van der Waals surface area contributed by atoms with Crippen LogP contribution in [0.2, 0.25) is 0 Å². The van der Waals surface area contributed by atoms with Crippen LogP contribution in [-0.2, 0) is 19.3 Å². The molecule has 1 aromatic heterocycles. The number of hydrogen-bond acceptors (Lipinski definition) is 8. The Balaban J connectivity index is 1.80. The van der Waals surface area contributed by atoms with Crippen LogP contribution in [0.3, 0.4) is 0 Å².